The molecule has 2 saturated heterocycles. The lowest BCUT2D eigenvalue weighted by atomic mass is 9.96. The average molecular weight is 422 g/mol. The highest BCUT2D eigenvalue weighted by molar-refractivity contribution is 6.05. The number of hydrogen-bond acceptors (Lipinski definition) is 6. The van der Waals surface area contributed by atoms with Gasteiger partial charge in [-0.15, -0.1) is 0 Å². The van der Waals surface area contributed by atoms with Gasteiger partial charge in [0, 0.05) is 50.4 Å². The van der Waals surface area contributed by atoms with Gasteiger partial charge in [0.1, 0.15) is 17.4 Å². The molecule has 0 atom stereocenters. The topological polar surface area (TPSA) is 91.6 Å². The Morgan fingerprint density at radius 1 is 1.16 bits per heavy atom. The molecular weight excluding hydrogens is 394 g/mol. The summed E-state index contributed by atoms with van der Waals surface area (Å²) >= 11 is 0. The molecule has 0 saturated carbocycles. The van der Waals surface area contributed by atoms with E-state index in [0.717, 1.165) is 74.2 Å². The van der Waals surface area contributed by atoms with E-state index in [1.807, 2.05) is 29.2 Å². The number of carbonyl (C=O) groups is 2. The Morgan fingerprint density at radius 2 is 2.00 bits per heavy atom. The first kappa shape index (κ1) is 19.8. The third-order valence-corrected chi connectivity index (χ3v) is 6.38. The number of carbonyl (C=O) groups excluding carboxylic acids is 2. The van der Waals surface area contributed by atoms with Gasteiger partial charge in [0.05, 0.1) is 0 Å². The van der Waals surface area contributed by atoms with Crippen LogP contribution in [0.4, 0.5) is 5.82 Å². The molecule has 4 heterocycles. The normalized spacial score (nSPS) is 17.7. The maximum atomic E-state index is 12.6. The molecule has 162 valence electrons. The van der Waals surface area contributed by atoms with Crippen molar-refractivity contribution in [3.8, 4) is 0 Å². The number of furan rings is 1. The monoisotopic (exact) mass is 421 g/mol. The summed E-state index contributed by atoms with van der Waals surface area (Å²) in [5, 5.41) is 4.05. The summed E-state index contributed by atoms with van der Waals surface area (Å²) in [6, 6.07) is 7.88. The van der Waals surface area contributed by atoms with Crippen molar-refractivity contribution in [2.75, 3.05) is 37.6 Å². The maximum absolute atomic E-state index is 12.6. The lowest BCUT2D eigenvalue weighted by molar-refractivity contribution is -0.127. The smallest absolute Gasteiger partial charge is 0.223 e. The van der Waals surface area contributed by atoms with E-state index in [0.29, 0.717) is 18.5 Å². The van der Waals surface area contributed by atoms with Crippen LogP contribution in [0.3, 0.4) is 0 Å². The Balaban J connectivity index is 1.16. The first-order valence-electron chi connectivity index (χ1n) is 11.1. The number of hydrogen-bond donors (Lipinski definition) is 1. The Morgan fingerprint density at radius 3 is 2.81 bits per heavy atom. The van der Waals surface area contributed by atoms with Crippen molar-refractivity contribution in [1.29, 1.82) is 0 Å². The van der Waals surface area contributed by atoms with E-state index in [1.54, 1.807) is 6.33 Å². The number of benzene rings is 1. The zero-order valence-electron chi connectivity index (χ0n) is 17.5. The number of nitrogens with zero attached hydrogens (tertiary/aromatic N) is 4. The van der Waals surface area contributed by atoms with Gasteiger partial charge < -0.3 is 19.5 Å². The highest BCUT2D eigenvalue weighted by Gasteiger charge is 2.27. The lowest BCUT2D eigenvalue weighted by Crippen LogP contribution is -2.41. The molecule has 2 aliphatic heterocycles. The number of para-hydroxylation sites is 1. The van der Waals surface area contributed by atoms with Crippen molar-refractivity contribution in [1.82, 2.24) is 20.2 Å². The van der Waals surface area contributed by atoms with Crippen molar-refractivity contribution in [2.24, 2.45) is 5.92 Å². The predicted octanol–water partition coefficient (Wildman–Crippen LogP) is 2.72. The molecule has 8 nitrogen and oxygen atoms in total. The first-order chi connectivity index (χ1) is 15.2. The molecule has 5 rings (SSSR count). The van der Waals surface area contributed by atoms with E-state index in [2.05, 4.69) is 20.2 Å². The van der Waals surface area contributed by atoms with Gasteiger partial charge in [-0.1, -0.05) is 12.1 Å². The lowest BCUT2D eigenvalue weighted by Gasteiger charge is -2.32. The third-order valence-electron chi connectivity index (χ3n) is 6.38. The minimum Gasteiger partial charge on any atom is -0.450 e. The summed E-state index contributed by atoms with van der Waals surface area (Å²) in [6.07, 6.45) is 5.57. The van der Waals surface area contributed by atoms with E-state index >= 15 is 0 Å². The van der Waals surface area contributed by atoms with Gasteiger partial charge in [-0.05, 0) is 37.8 Å². The van der Waals surface area contributed by atoms with Crippen LogP contribution >= 0.6 is 0 Å². The number of likely N-dealkylation sites (tertiary alicyclic amines) is 1. The number of amides is 2. The molecule has 1 N–H and O–H groups in total. The molecule has 1 aromatic carbocycles. The van der Waals surface area contributed by atoms with E-state index in [-0.39, 0.29) is 17.7 Å². The Labute approximate surface area is 180 Å². The van der Waals surface area contributed by atoms with Crippen molar-refractivity contribution >= 4 is 39.7 Å². The van der Waals surface area contributed by atoms with Crippen LogP contribution < -0.4 is 10.2 Å². The number of fused-ring (bicyclic) bond motifs is 3. The molecule has 3 aromatic rings. The average Bonchev–Trinajstić information content (AvgIpc) is 3.39. The van der Waals surface area contributed by atoms with Gasteiger partial charge in [0.2, 0.25) is 11.8 Å². The summed E-state index contributed by atoms with van der Waals surface area (Å²) in [5.74, 6) is 1.17. The van der Waals surface area contributed by atoms with Crippen molar-refractivity contribution < 1.29 is 14.0 Å². The Kier molecular flexibility index (Phi) is 5.44. The second kappa shape index (κ2) is 8.53. The molecule has 2 aromatic heterocycles. The van der Waals surface area contributed by atoms with Crippen molar-refractivity contribution in [3.05, 3.63) is 30.6 Å². The van der Waals surface area contributed by atoms with Crippen LogP contribution in [0.5, 0.6) is 0 Å². The highest BCUT2D eigenvalue weighted by Crippen LogP contribution is 2.33. The first-order valence-corrected chi connectivity index (χ1v) is 11.1. The maximum Gasteiger partial charge on any atom is 0.223 e. The number of piperidine rings is 1. The summed E-state index contributed by atoms with van der Waals surface area (Å²) in [4.78, 5) is 37.2. The number of aromatic nitrogens is 2. The zero-order chi connectivity index (χ0) is 21.2. The van der Waals surface area contributed by atoms with Gasteiger partial charge in [-0.2, -0.15) is 0 Å². The van der Waals surface area contributed by atoms with Crippen molar-refractivity contribution in [2.45, 2.75) is 32.1 Å². The van der Waals surface area contributed by atoms with Crippen LogP contribution in [0, 0.1) is 5.92 Å². The van der Waals surface area contributed by atoms with Crippen molar-refractivity contribution in [3.63, 3.8) is 0 Å². The van der Waals surface area contributed by atoms with Crippen LogP contribution in [0.2, 0.25) is 0 Å². The number of rotatable bonds is 6. The molecular formula is C23H27N5O3. The largest absolute Gasteiger partial charge is 0.450 e. The van der Waals surface area contributed by atoms with Crippen LogP contribution in [0.15, 0.2) is 35.0 Å². The quantitative estimate of drug-likeness (QED) is 0.616. The van der Waals surface area contributed by atoms with E-state index in [4.69, 9.17) is 4.42 Å². The third kappa shape index (κ3) is 3.94. The fourth-order valence-electron chi connectivity index (χ4n) is 4.66. The number of anilines is 1. The van der Waals surface area contributed by atoms with E-state index in [9.17, 15) is 9.59 Å². The van der Waals surface area contributed by atoms with Gasteiger partial charge >= 0.3 is 0 Å². The van der Waals surface area contributed by atoms with E-state index < -0.39 is 0 Å². The van der Waals surface area contributed by atoms with Gasteiger partial charge in [-0.25, -0.2) is 9.97 Å². The van der Waals surface area contributed by atoms with Crippen LogP contribution in [-0.4, -0.2) is 59.4 Å². The summed E-state index contributed by atoms with van der Waals surface area (Å²) in [7, 11) is 0. The molecule has 0 radical (unpaired) electrons. The van der Waals surface area contributed by atoms with Gasteiger partial charge in [0.25, 0.3) is 0 Å². The molecule has 2 amide bonds. The Hall–Kier alpha value is -3.16. The molecule has 0 spiro atoms. The second-order valence-electron chi connectivity index (χ2n) is 8.36. The molecule has 0 aliphatic carbocycles. The zero-order valence-corrected chi connectivity index (χ0v) is 17.5. The van der Waals surface area contributed by atoms with Crippen LogP contribution in [-0.2, 0) is 9.59 Å². The van der Waals surface area contributed by atoms with Crippen LogP contribution in [0.1, 0.15) is 32.1 Å². The fraction of sp³-hybridized carbons (Fsp3) is 0.478. The fourth-order valence-corrected chi connectivity index (χ4v) is 4.66. The molecule has 0 bridgehead atoms. The summed E-state index contributed by atoms with van der Waals surface area (Å²) in [6.45, 7) is 3.72. The summed E-state index contributed by atoms with van der Waals surface area (Å²) in [5.41, 5.74) is 2.35. The second-order valence-corrected chi connectivity index (χ2v) is 8.36. The van der Waals surface area contributed by atoms with E-state index in [1.165, 1.54) is 0 Å². The minimum atomic E-state index is 0.0117. The minimum absolute atomic E-state index is 0.0117. The SMILES string of the molecule is O=C(NCCCN1CCCC1=O)C1CCN(c2ncnc3c2oc2ccccc23)CC1. The molecule has 0 unspecified atom stereocenters. The standard InChI is InChI=1S/C23H27N5O3/c29-19-7-3-11-27(19)12-4-10-24-23(30)16-8-13-28(14-9-16)22-21-20(25-15-26-22)17-5-1-2-6-18(17)31-21/h1-2,5-6,15-16H,3-4,7-14H2,(H,24,30). The molecule has 2 aliphatic rings. The van der Waals surface area contributed by atoms with Gasteiger partial charge in [0.15, 0.2) is 11.4 Å². The predicted molar refractivity (Wildman–Crippen MR) is 118 cm³/mol. The number of nitrogens with one attached hydrogen (secondary N) is 1. The molecule has 2 fully saturated rings. The van der Waals surface area contributed by atoms with Gasteiger partial charge in [-0.3, -0.25) is 9.59 Å². The van der Waals surface area contributed by atoms with Crippen LogP contribution in [0.25, 0.3) is 22.1 Å². The summed E-state index contributed by atoms with van der Waals surface area (Å²) < 4.78 is 6.05. The highest BCUT2D eigenvalue weighted by atomic mass is 16.3. The molecule has 31 heavy (non-hydrogen) atoms. The Bertz CT molecular complexity index is 1100. The molecule has 8 heteroatoms.